The molecule has 4 heteroatoms. The molecular formula is C18H26N2O2. The van der Waals surface area contributed by atoms with E-state index in [9.17, 15) is 4.79 Å². The number of nitrogens with zero attached hydrogens (tertiary/aromatic N) is 2. The summed E-state index contributed by atoms with van der Waals surface area (Å²) in [4.78, 5) is 16.6. The van der Waals surface area contributed by atoms with Gasteiger partial charge in [0, 0.05) is 38.6 Å². The molecule has 1 aliphatic heterocycles. The molecular weight excluding hydrogens is 276 g/mol. The summed E-state index contributed by atoms with van der Waals surface area (Å²) in [6.45, 7) is 3.08. The minimum absolute atomic E-state index is 0.333. The predicted molar refractivity (Wildman–Crippen MR) is 86.8 cm³/mol. The van der Waals surface area contributed by atoms with Crippen LogP contribution in [0.3, 0.4) is 0 Å². The summed E-state index contributed by atoms with van der Waals surface area (Å²) in [6.07, 6.45) is 4.35. The fraction of sp³-hybridized carbons (Fsp3) is 0.611. The molecule has 1 aliphatic carbocycles. The quantitative estimate of drug-likeness (QED) is 0.838. The first-order valence-electron chi connectivity index (χ1n) is 8.29. The number of benzene rings is 1. The molecule has 0 atom stereocenters. The first-order chi connectivity index (χ1) is 10.7. The lowest BCUT2D eigenvalue weighted by atomic mass is 10.0. The number of carbonyl (C=O) groups excluding carboxylic acids is 1. The van der Waals surface area contributed by atoms with E-state index in [1.54, 1.807) is 7.11 Å². The van der Waals surface area contributed by atoms with Crippen LogP contribution in [-0.2, 0) is 11.3 Å². The molecule has 1 aromatic rings. The van der Waals surface area contributed by atoms with Crippen LogP contribution in [0.1, 0.15) is 31.2 Å². The third-order valence-corrected chi connectivity index (χ3v) is 4.92. The van der Waals surface area contributed by atoms with Crippen LogP contribution in [0.25, 0.3) is 0 Å². The van der Waals surface area contributed by atoms with E-state index in [1.807, 2.05) is 24.1 Å². The molecule has 1 saturated heterocycles. The molecule has 0 bridgehead atoms. The molecule has 0 N–H and O–H groups in total. The van der Waals surface area contributed by atoms with Gasteiger partial charge in [-0.3, -0.25) is 9.69 Å². The fourth-order valence-electron chi connectivity index (χ4n) is 3.29. The van der Waals surface area contributed by atoms with Crippen LogP contribution in [0.4, 0.5) is 0 Å². The van der Waals surface area contributed by atoms with Crippen LogP contribution in [0.5, 0.6) is 5.75 Å². The standard InChI is InChI=1S/C18H26N2O2/c1-19(18(21)15-6-7-15)16-8-10-20(11-9-16)13-14-4-3-5-17(12-14)22-2/h3-5,12,15-16H,6-11,13H2,1-2H3. The van der Waals surface area contributed by atoms with Crippen molar-refractivity contribution in [1.29, 1.82) is 0 Å². The van der Waals surface area contributed by atoms with Gasteiger partial charge in [0.2, 0.25) is 5.91 Å². The number of likely N-dealkylation sites (tertiary alicyclic amines) is 1. The van der Waals surface area contributed by atoms with Gasteiger partial charge in [0.05, 0.1) is 7.11 Å². The van der Waals surface area contributed by atoms with E-state index in [-0.39, 0.29) is 0 Å². The second-order valence-electron chi connectivity index (χ2n) is 6.58. The van der Waals surface area contributed by atoms with Crippen LogP contribution >= 0.6 is 0 Å². The Balaban J connectivity index is 1.49. The van der Waals surface area contributed by atoms with Crippen molar-refractivity contribution in [3.63, 3.8) is 0 Å². The summed E-state index contributed by atoms with van der Waals surface area (Å²) in [6, 6.07) is 8.71. The summed E-state index contributed by atoms with van der Waals surface area (Å²) >= 11 is 0. The number of methoxy groups -OCH3 is 1. The smallest absolute Gasteiger partial charge is 0.225 e. The lowest BCUT2D eigenvalue weighted by molar-refractivity contribution is -0.134. The largest absolute Gasteiger partial charge is 0.497 e. The van der Waals surface area contributed by atoms with Crippen molar-refractivity contribution in [3.8, 4) is 5.75 Å². The molecule has 22 heavy (non-hydrogen) atoms. The summed E-state index contributed by atoms with van der Waals surface area (Å²) in [5, 5.41) is 0. The highest BCUT2D eigenvalue weighted by Crippen LogP contribution is 2.32. The van der Waals surface area contributed by atoms with Crippen LogP contribution in [0, 0.1) is 5.92 Å². The molecule has 0 spiro atoms. The highest BCUT2D eigenvalue weighted by atomic mass is 16.5. The normalized spacial score (nSPS) is 19.9. The van der Waals surface area contributed by atoms with Gasteiger partial charge < -0.3 is 9.64 Å². The van der Waals surface area contributed by atoms with Gasteiger partial charge in [-0.1, -0.05) is 12.1 Å². The molecule has 4 nitrogen and oxygen atoms in total. The molecule has 3 rings (SSSR count). The number of hydrogen-bond acceptors (Lipinski definition) is 3. The Morgan fingerprint density at radius 3 is 2.64 bits per heavy atom. The topological polar surface area (TPSA) is 32.8 Å². The second-order valence-corrected chi connectivity index (χ2v) is 6.58. The Labute approximate surface area is 133 Å². The number of rotatable bonds is 5. The molecule has 1 heterocycles. The second kappa shape index (κ2) is 6.69. The van der Waals surface area contributed by atoms with Gasteiger partial charge in [0.1, 0.15) is 5.75 Å². The fourth-order valence-corrected chi connectivity index (χ4v) is 3.29. The number of amides is 1. The zero-order chi connectivity index (χ0) is 15.5. The minimum Gasteiger partial charge on any atom is -0.497 e. The van der Waals surface area contributed by atoms with Crippen LogP contribution < -0.4 is 4.74 Å². The molecule has 1 saturated carbocycles. The van der Waals surface area contributed by atoms with Crippen molar-refractivity contribution in [2.75, 3.05) is 27.2 Å². The lowest BCUT2D eigenvalue weighted by Gasteiger charge is -2.37. The Bertz CT molecular complexity index is 520. The maximum absolute atomic E-state index is 12.1. The Morgan fingerprint density at radius 1 is 1.27 bits per heavy atom. The number of carbonyl (C=O) groups is 1. The van der Waals surface area contributed by atoms with Gasteiger partial charge in [0.25, 0.3) is 0 Å². The number of hydrogen-bond donors (Lipinski definition) is 0. The van der Waals surface area contributed by atoms with Crippen molar-refractivity contribution >= 4 is 5.91 Å². The third kappa shape index (κ3) is 3.61. The zero-order valence-electron chi connectivity index (χ0n) is 13.6. The molecule has 2 aliphatic rings. The molecule has 0 unspecified atom stereocenters. The molecule has 120 valence electrons. The van der Waals surface area contributed by atoms with Crippen molar-refractivity contribution in [2.45, 2.75) is 38.3 Å². The lowest BCUT2D eigenvalue weighted by Crippen LogP contribution is -2.45. The highest BCUT2D eigenvalue weighted by molar-refractivity contribution is 5.81. The maximum Gasteiger partial charge on any atom is 0.225 e. The first kappa shape index (κ1) is 15.3. The Kier molecular flexibility index (Phi) is 4.67. The molecule has 2 fully saturated rings. The number of piperidine rings is 1. The summed E-state index contributed by atoms with van der Waals surface area (Å²) < 4.78 is 5.28. The predicted octanol–water partition coefficient (Wildman–Crippen LogP) is 2.53. The molecule has 0 aromatic heterocycles. The van der Waals surface area contributed by atoms with E-state index in [1.165, 1.54) is 5.56 Å². The van der Waals surface area contributed by atoms with Gasteiger partial charge in [-0.05, 0) is 43.4 Å². The first-order valence-corrected chi connectivity index (χ1v) is 8.29. The van der Waals surface area contributed by atoms with E-state index in [0.29, 0.717) is 17.9 Å². The van der Waals surface area contributed by atoms with Crippen LogP contribution in [0.15, 0.2) is 24.3 Å². The molecule has 0 radical (unpaired) electrons. The SMILES string of the molecule is COc1cccc(CN2CCC(N(C)C(=O)C3CC3)CC2)c1. The van der Waals surface area contributed by atoms with Crippen molar-refractivity contribution in [2.24, 2.45) is 5.92 Å². The maximum atomic E-state index is 12.1. The Morgan fingerprint density at radius 2 is 2.00 bits per heavy atom. The molecule has 1 amide bonds. The van der Waals surface area contributed by atoms with E-state index in [0.717, 1.165) is 51.1 Å². The van der Waals surface area contributed by atoms with Gasteiger partial charge >= 0.3 is 0 Å². The van der Waals surface area contributed by atoms with E-state index >= 15 is 0 Å². The summed E-state index contributed by atoms with van der Waals surface area (Å²) in [7, 11) is 3.69. The van der Waals surface area contributed by atoms with Gasteiger partial charge in [-0.25, -0.2) is 0 Å². The molecule has 1 aromatic carbocycles. The highest BCUT2D eigenvalue weighted by Gasteiger charge is 2.35. The van der Waals surface area contributed by atoms with Crippen LogP contribution in [0.2, 0.25) is 0 Å². The van der Waals surface area contributed by atoms with Crippen LogP contribution in [-0.4, -0.2) is 49.0 Å². The summed E-state index contributed by atoms with van der Waals surface area (Å²) in [5.74, 6) is 1.62. The summed E-state index contributed by atoms with van der Waals surface area (Å²) in [5.41, 5.74) is 1.29. The van der Waals surface area contributed by atoms with Crippen molar-refractivity contribution < 1.29 is 9.53 Å². The average Bonchev–Trinajstić information content (AvgIpc) is 3.39. The third-order valence-electron chi connectivity index (χ3n) is 4.92. The monoisotopic (exact) mass is 302 g/mol. The van der Waals surface area contributed by atoms with Gasteiger partial charge in [-0.15, -0.1) is 0 Å². The van der Waals surface area contributed by atoms with E-state index < -0.39 is 0 Å². The zero-order valence-corrected chi connectivity index (χ0v) is 13.6. The van der Waals surface area contributed by atoms with Gasteiger partial charge in [-0.2, -0.15) is 0 Å². The number of ether oxygens (including phenoxy) is 1. The minimum atomic E-state index is 0.333. The van der Waals surface area contributed by atoms with Gasteiger partial charge in [0.15, 0.2) is 0 Å². The van der Waals surface area contributed by atoms with Crippen molar-refractivity contribution in [3.05, 3.63) is 29.8 Å². The van der Waals surface area contributed by atoms with Crippen molar-refractivity contribution in [1.82, 2.24) is 9.80 Å². The average molecular weight is 302 g/mol. The Hall–Kier alpha value is -1.55. The van der Waals surface area contributed by atoms with E-state index in [4.69, 9.17) is 4.74 Å². The van der Waals surface area contributed by atoms with E-state index in [2.05, 4.69) is 17.0 Å².